The van der Waals surface area contributed by atoms with E-state index in [2.05, 4.69) is 71.5 Å². The summed E-state index contributed by atoms with van der Waals surface area (Å²) in [5, 5.41) is 8.79. The number of carbonyl (C=O) groups is 3. The molecule has 0 atom stereocenters. The maximum absolute atomic E-state index is 13.0. The third-order valence-corrected chi connectivity index (χ3v) is 9.14. The van der Waals surface area contributed by atoms with E-state index in [9.17, 15) is 14.4 Å². The molecular weight excluding hydrogens is 674 g/mol. The molecule has 10 heteroatoms. The molecule has 0 unspecified atom stereocenters. The van der Waals surface area contributed by atoms with E-state index in [4.69, 9.17) is 0 Å². The number of amides is 3. The predicted octanol–water partition coefficient (Wildman–Crippen LogP) is 6.55. The van der Waals surface area contributed by atoms with Gasteiger partial charge in [0.15, 0.2) is 0 Å². The Labute approximate surface area is 269 Å². The minimum absolute atomic E-state index is 0.0497. The number of H-pyrrole nitrogens is 1. The Bertz CT molecular complexity index is 1570. The number of carbonyl (C=O) groups excluding carboxylic acids is 3. The Hall–Kier alpha value is -3.21. The van der Waals surface area contributed by atoms with Gasteiger partial charge in [0.05, 0.1) is 12.0 Å². The Balaban J connectivity index is 0.000000279. The first kappa shape index (κ1) is 31.2. The van der Waals surface area contributed by atoms with E-state index in [0.29, 0.717) is 24.2 Å². The molecule has 3 aromatic rings. The van der Waals surface area contributed by atoms with Crippen LogP contribution in [0.1, 0.15) is 71.5 Å². The van der Waals surface area contributed by atoms with Crippen molar-refractivity contribution in [3.05, 3.63) is 79.0 Å². The number of hydrogen-bond donors (Lipinski definition) is 4. The van der Waals surface area contributed by atoms with Crippen LogP contribution in [0, 0.1) is 0 Å². The Morgan fingerprint density at radius 1 is 0.953 bits per heavy atom. The van der Waals surface area contributed by atoms with Crippen molar-refractivity contribution >= 4 is 72.6 Å². The first-order valence-electron chi connectivity index (χ1n) is 14.9. The van der Waals surface area contributed by atoms with Crippen LogP contribution in [-0.4, -0.2) is 53.8 Å². The maximum Gasteiger partial charge on any atom is 0.268 e. The van der Waals surface area contributed by atoms with Gasteiger partial charge in [-0.1, -0.05) is 45.7 Å². The number of rotatable bonds is 8. The zero-order valence-corrected chi connectivity index (χ0v) is 27.7. The van der Waals surface area contributed by atoms with Crippen molar-refractivity contribution in [3.63, 3.8) is 0 Å². The lowest BCUT2D eigenvalue weighted by Crippen LogP contribution is -2.30. The average molecular weight is 711 g/mol. The van der Waals surface area contributed by atoms with Crippen LogP contribution in [0.2, 0.25) is 0 Å². The molecule has 43 heavy (non-hydrogen) atoms. The molecule has 1 aliphatic carbocycles. The fourth-order valence-electron chi connectivity index (χ4n) is 5.86. The molecule has 0 saturated heterocycles. The van der Waals surface area contributed by atoms with Crippen molar-refractivity contribution in [3.8, 4) is 0 Å². The first-order valence-corrected chi connectivity index (χ1v) is 16.5. The maximum atomic E-state index is 13.0. The lowest BCUT2D eigenvalue weighted by molar-refractivity contribution is -0.115. The van der Waals surface area contributed by atoms with Crippen molar-refractivity contribution in [2.24, 2.45) is 0 Å². The number of benzene rings is 2. The van der Waals surface area contributed by atoms with Gasteiger partial charge in [-0.05, 0) is 111 Å². The molecular formula is C33H37Br2N5O3. The molecule has 0 radical (unpaired) electrons. The second-order valence-corrected chi connectivity index (χ2v) is 12.8. The third-order valence-electron chi connectivity index (χ3n) is 8.16. The highest BCUT2D eigenvalue weighted by molar-refractivity contribution is 9.10. The molecule has 3 heterocycles. The lowest BCUT2D eigenvalue weighted by atomic mass is 9.91. The Morgan fingerprint density at radius 3 is 2.40 bits per heavy atom. The highest BCUT2D eigenvalue weighted by Crippen LogP contribution is 2.37. The fraction of sp³-hybridized carbons (Fsp3) is 0.364. The van der Waals surface area contributed by atoms with Crippen LogP contribution in [0.15, 0.2) is 45.3 Å². The van der Waals surface area contributed by atoms with E-state index in [-0.39, 0.29) is 17.7 Å². The zero-order valence-electron chi connectivity index (χ0n) is 24.5. The summed E-state index contributed by atoms with van der Waals surface area (Å²) >= 11 is 6.84. The summed E-state index contributed by atoms with van der Waals surface area (Å²) in [4.78, 5) is 42.2. The molecule has 8 nitrogen and oxygen atoms in total. The first-order chi connectivity index (χ1) is 20.8. The molecule has 0 spiro atoms. The van der Waals surface area contributed by atoms with Gasteiger partial charge >= 0.3 is 0 Å². The van der Waals surface area contributed by atoms with E-state index < -0.39 is 0 Å². The molecule has 226 valence electrons. The number of nitrogens with one attached hydrogen (secondary N) is 4. The van der Waals surface area contributed by atoms with Crippen molar-refractivity contribution in [2.45, 2.75) is 52.4 Å². The molecule has 4 N–H and O–H groups in total. The second-order valence-electron chi connectivity index (χ2n) is 10.9. The molecule has 0 fully saturated rings. The lowest BCUT2D eigenvalue weighted by Gasteiger charge is -2.17. The Kier molecular flexibility index (Phi) is 10.2. The summed E-state index contributed by atoms with van der Waals surface area (Å²) in [5.41, 5.74) is 8.16. The number of hydrogen-bond acceptors (Lipinski definition) is 4. The molecule has 1 aromatic heterocycles. The Morgan fingerprint density at radius 2 is 1.65 bits per heavy atom. The van der Waals surface area contributed by atoms with Gasteiger partial charge < -0.3 is 25.8 Å². The highest BCUT2D eigenvalue weighted by Gasteiger charge is 2.28. The average Bonchev–Trinajstić information content (AvgIpc) is 3.65. The third kappa shape index (κ3) is 7.30. The SMILES string of the molecule is CCN(CC)CCCNC(=O)c1[nH]c(C=C2C(=O)Nc3ccc(Br)cc32)c2c1CCCC2.O=C1Cc2cc(Br)ccc2N1. The minimum atomic E-state index is -0.111. The van der Waals surface area contributed by atoms with E-state index in [1.807, 2.05) is 42.5 Å². The number of anilines is 2. The molecule has 0 bridgehead atoms. The number of aromatic amines is 1. The van der Waals surface area contributed by atoms with Gasteiger partial charge in [-0.2, -0.15) is 0 Å². The summed E-state index contributed by atoms with van der Waals surface area (Å²) in [6.07, 6.45) is 7.35. The van der Waals surface area contributed by atoms with Crippen LogP contribution in [0.25, 0.3) is 11.6 Å². The normalized spacial score (nSPS) is 15.8. The molecule has 0 saturated carbocycles. The van der Waals surface area contributed by atoms with Crippen LogP contribution in [0.4, 0.5) is 11.4 Å². The molecule has 3 amide bonds. The molecule has 6 rings (SSSR count). The van der Waals surface area contributed by atoms with Gasteiger partial charge in [0.25, 0.3) is 11.8 Å². The smallest absolute Gasteiger partial charge is 0.268 e. The summed E-state index contributed by atoms with van der Waals surface area (Å²) in [5.74, 6) is -0.0795. The fourth-order valence-corrected chi connectivity index (χ4v) is 6.63. The van der Waals surface area contributed by atoms with Gasteiger partial charge in [0.1, 0.15) is 5.69 Å². The summed E-state index contributed by atoms with van der Waals surface area (Å²) in [7, 11) is 0. The van der Waals surface area contributed by atoms with Gasteiger partial charge in [0, 0.05) is 38.1 Å². The predicted molar refractivity (Wildman–Crippen MR) is 179 cm³/mol. The van der Waals surface area contributed by atoms with Crippen LogP contribution in [0.5, 0.6) is 0 Å². The van der Waals surface area contributed by atoms with Crippen molar-refractivity contribution in [2.75, 3.05) is 36.8 Å². The number of fused-ring (bicyclic) bond motifs is 3. The topological polar surface area (TPSA) is 106 Å². The van der Waals surface area contributed by atoms with Gasteiger partial charge in [-0.15, -0.1) is 0 Å². The largest absolute Gasteiger partial charge is 0.351 e. The summed E-state index contributed by atoms with van der Waals surface area (Å²) < 4.78 is 1.95. The van der Waals surface area contributed by atoms with Crippen LogP contribution >= 0.6 is 31.9 Å². The number of aromatic nitrogens is 1. The minimum Gasteiger partial charge on any atom is -0.351 e. The molecule has 2 aliphatic heterocycles. The number of halogens is 2. The van der Waals surface area contributed by atoms with Crippen LogP contribution < -0.4 is 16.0 Å². The van der Waals surface area contributed by atoms with E-state index in [0.717, 1.165) is 94.4 Å². The van der Waals surface area contributed by atoms with Crippen molar-refractivity contribution in [1.82, 2.24) is 15.2 Å². The zero-order chi connectivity index (χ0) is 30.5. The summed E-state index contributed by atoms with van der Waals surface area (Å²) in [6, 6.07) is 11.6. The van der Waals surface area contributed by atoms with Gasteiger partial charge in [0.2, 0.25) is 5.91 Å². The standard InChI is InChI=1S/C25H31BrN4O2.C8H6BrNO/c1-3-30(4-2)13-7-12-27-25(32)23-18-9-6-5-8-17(18)22(28-23)15-20-19-14-16(26)10-11-21(19)29-24(20)31;9-6-1-2-7-5(3-6)4-8(11)10-7/h10-11,14-15,28H,3-9,12-13H2,1-2H3,(H,27,32)(H,29,31);1-3H,4H2,(H,10,11). The van der Waals surface area contributed by atoms with Crippen LogP contribution in [0.3, 0.4) is 0 Å². The number of nitrogens with zero attached hydrogens (tertiary/aromatic N) is 1. The second kappa shape index (κ2) is 14.1. The molecule has 3 aliphatic rings. The quantitative estimate of drug-likeness (QED) is 0.157. The monoisotopic (exact) mass is 709 g/mol. The van der Waals surface area contributed by atoms with Crippen molar-refractivity contribution < 1.29 is 14.4 Å². The van der Waals surface area contributed by atoms with E-state index in [1.165, 1.54) is 5.56 Å². The highest BCUT2D eigenvalue weighted by atomic mass is 79.9. The molecule has 2 aromatic carbocycles. The van der Waals surface area contributed by atoms with Gasteiger partial charge in [-0.3, -0.25) is 14.4 Å². The van der Waals surface area contributed by atoms with Crippen LogP contribution in [-0.2, 0) is 28.9 Å². The summed E-state index contributed by atoms with van der Waals surface area (Å²) in [6.45, 7) is 8.01. The van der Waals surface area contributed by atoms with Crippen molar-refractivity contribution in [1.29, 1.82) is 0 Å². The van der Waals surface area contributed by atoms with Gasteiger partial charge in [-0.25, -0.2) is 0 Å². The van der Waals surface area contributed by atoms with E-state index >= 15 is 0 Å². The van der Waals surface area contributed by atoms with E-state index in [1.54, 1.807) is 0 Å².